The highest BCUT2D eigenvalue weighted by molar-refractivity contribution is 6.11. The molecule has 2 N–H and O–H groups in total. The van der Waals surface area contributed by atoms with E-state index in [4.69, 9.17) is 13.9 Å². The van der Waals surface area contributed by atoms with Crippen molar-refractivity contribution in [3.63, 3.8) is 0 Å². The van der Waals surface area contributed by atoms with E-state index in [2.05, 4.69) is 25.9 Å². The number of rotatable bonds is 4. The van der Waals surface area contributed by atoms with Crippen molar-refractivity contribution in [2.75, 3.05) is 19.5 Å². The minimum Gasteiger partial charge on any atom is -0.497 e. The number of H-pyrrole nitrogens is 1. The molecule has 3 rings (SSSR count). The molecule has 0 saturated carbocycles. The Morgan fingerprint density at radius 3 is 2.81 bits per heavy atom. The van der Waals surface area contributed by atoms with E-state index in [1.807, 2.05) is 0 Å². The Balaban J connectivity index is 2.04. The fraction of sp³-hybridized carbons (Fsp3) is 0.167. The van der Waals surface area contributed by atoms with Gasteiger partial charge in [0.2, 0.25) is 5.76 Å². The van der Waals surface area contributed by atoms with Crippen molar-refractivity contribution in [2.45, 2.75) is 0 Å². The second kappa shape index (κ2) is 5.12. The number of nitrogens with zero attached hydrogens (tertiary/aromatic N) is 3. The molecular weight excluding hydrogens is 278 g/mol. The number of anilines is 1. The van der Waals surface area contributed by atoms with Crippen molar-refractivity contribution >= 4 is 22.6 Å². The standard InChI is InChI=1S/C12H11N5O4/c1-19-6-3-4-7-8(5-6)11(20-2)21-9(7)10(18)13-12-14-16-17-15-12/h3-5H,1-2H3,(H2,13,14,15,16,17,18). The van der Waals surface area contributed by atoms with E-state index in [-0.39, 0.29) is 17.7 Å². The molecule has 0 fully saturated rings. The van der Waals surface area contributed by atoms with Gasteiger partial charge in [0.1, 0.15) is 5.75 Å². The lowest BCUT2D eigenvalue weighted by Crippen LogP contribution is -2.12. The molecule has 21 heavy (non-hydrogen) atoms. The molecule has 0 bridgehead atoms. The van der Waals surface area contributed by atoms with Crippen molar-refractivity contribution < 1.29 is 18.7 Å². The molecule has 9 heteroatoms. The van der Waals surface area contributed by atoms with Gasteiger partial charge in [-0.15, -0.1) is 5.10 Å². The van der Waals surface area contributed by atoms with Gasteiger partial charge in [-0.3, -0.25) is 10.1 Å². The summed E-state index contributed by atoms with van der Waals surface area (Å²) in [5.41, 5.74) is 0. The zero-order chi connectivity index (χ0) is 14.8. The molecule has 0 saturated heterocycles. The van der Waals surface area contributed by atoms with Crippen LogP contribution in [0.15, 0.2) is 22.6 Å². The molecule has 108 valence electrons. The van der Waals surface area contributed by atoms with E-state index >= 15 is 0 Å². The van der Waals surface area contributed by atoms with Crippen LogP contribution >= 0.6 is 0 Å². The Kier molecular flexibility index (Phi) is 3.14. The van der Waals surface area contributed by atoms with Crippen LogP contribution in [0.4, 0.5) is 5.95 Å². The van der Waals surface area contributed by atoms with Crippen LogP contribution in [0.25, 0.3) is 10.8 Å². The maximum absolute atomic E-state index is 12.2. The highest BCUT2D eigenvalue weighted by Crippen LogP contribution is 2.34. The number of hydrogen-bond donors (Lipinski definition) is 2. The maximum Gasteiger partial charge on any atom is 0.294 e. The van der Waals surface area contributed by atoms with Crippen LogP contribution in [-0.2, 0) is 0 Å². The number of carbonyl (C=O) groups excluding carboxylic acids is 1. The van der Waals surface area contributed by atoms with Gasteiger partial charge in [-0.2, -0.15) is 5.21 Å². The first-order valence-electron chi connectivity index (χ1n) is 5.92. The molecule has 2 heterocycles. The molecule has 0 radical (unpaired) electrons. The van der Waals surface area contributed by atoms with Crippen molar-refractivity contribution in [3.05, 3.63) is 24.0 Å². The molecule has 0 atom stereocenters. The number of hydrogen-bond acceptors (Lipinski definition) is 7. The lowest BCUT2D eigenvalue weighted by molar-refractivity contribution is 0.0992. The average Bonchev–Trinajstić information content (AvgIpc) is 3.13. The van der Waals surface area contributed by atoms with Crippen molar-refractivity contribution in [3.8, 4) is 11.7 Å². The Labute approximate surface area is 118 Å². The fourth-order valence-corrected chi connectivity index (χ4v) is 1.91. The monoisotopic (exact) mass is 289 g/mol. The van der Waals surface area contributed by atoms with Gasteiger partial charge < -0.3 is 13.9 Å². The van der Waals surface area contributed by atoms with Gasteiger partial charge in [-0.1, -0.05) is 5.10 Å². The van der Waals surface area contributed by atoms with E-state index in [0.717, 1.165) is 0 Å². The van der Waals surface area contributed by atoms with Crippen LogP contribution in [0.3, 0.4) is 0 Å². The predicted octanol–water partition coefficient (Wildman–Crippen LogP) is 1.22. The van der Waals surface area contributed by atoms with Crippen LogP contribution in [0.1, 0.15) is 10.6 Å². The normalized spacial score (nSPS) is 10.6. The second-order valence-corrected chi connectivity index (χ2v) is 4.02. The minimum atomic E-state index is -0.505. The summed E-state index contributed by atoms with van der Waals surface area (Å²) in [6.07, 6.45) is 0. The van der Waals surface area contributed by atoms with E-state index in [0.29, 0.717) is 16.5 Å². The Bertz CT molecular complexity index is 780. The zero-order valence-electron chi connectivity index (χ0n) is 11.2. The summed E-state index contributed by atoms with van der Waals surface area (Å²) in [7, 11) is 3.01. The molecule has 0 spiro atoms. The average molecular weight is 289 g/mol. The number of tetrazole rings is 1. The largest absolute Gasteiger partial charge is 0.497 e. The number of carbonyl (C=O) groups is 1. The number of ether oxygens (including phenoxy) is 2. The third-order valence-corrected chi connectivity index (χ3v) is 2.85. The molecule has 9 nitrogen and oxygen atoms in total. The summed E-state index contributed by atoms with van der Waals surface area (Å²) in [5, 5.41) is 16.6. The quantitative estimate of drug-likeness (QED) is 0.741. The SMILES string of the molecule is COc1ccc2c(C(=O)Nc3nn[nH]n3)oc(OC)c2c1. The number of aromatic nitrogens is 4. The van der Waals surface area contributed by atoms with Gasteiger partial charge in [0.25, 0.3) is 17.8 Å². The summed E-state index contributed by atoms with van der Waals surface area (Å²) in [5.74, 6) is 0.495. The van der Waals surface area contributed by atoms with Gasteiger partial charge in [-0.25, -0.2) is 0 Å². The van der Waals surface area contributed by atoms with Crippen molar-refractivity contribution in [1.29, 1.82) is 0 Å². The summed E-state index contributed by atoms with van der Waals surface area (Å²) < 4.78 is 15.7. The minimum absolute atomic E-state index is 0.0528. The highest BCUT2D eigenvalue weighted by Gasteiger charge is 2.21. The lowest BCUT2D eigenvalue weighted by Gasteiger charge is -1.99. The third kappa shape index (κ3) is 2.24. The molecular formula is C12H11N5O4. The zero-order valence-corrected chi connectivity index (χ0v) is 11.2. The molecule has 1 amide bonds. The third-order valence-electron chi connectivity index (χ3n) is 2.85. The molecule has 3 aromatic rings. The number of benzene rings is 1. The number of amides is 1. The second-order valence-electron chi connectivity index (χ2n) is 4.02. The van der Waals surface area contributed by atoms with E-state index in [1.165, 1.54) is 7.11 Å². The van der Waals surface area contributed by atoms with Crippen LogP contribution in [-0.4, -0.2) is 40.8 Å². The Morgan fingerprint density at radius 1 is 1.29 bits per heavy atom. The van der Waals surface area contributed by atoms with Crippen LogP contribution in [0.2, 0.25) is 0 Å². The summed E-state index contributed by atoms with van der Waals surface area (Å²) in [6.45, 7) is 0. The van der Waals surface area contributed by atoms with Crippen LogP contribution in [0.5, 0.6) is 11.7 Å². The fourth-order valence-electron chi connectivity index (χ4n) is 1.91. The van der Waals surface area contributed by atoms with E-state index in [9.17, 15) is 4.79 Å². The van der Waals surface area contributed by atoms with Gasteiger partial charge in [0.05, 0.1) is 19.6 Å². The maximum atomic E-state index is 12.2. The molecule has 0 aliphatic carbocycles. The molecule has 2 aromatic heterocycles. The summed E-state index contributed by atoms with van der Waals surface area (Å²) >= 11 is 0. The summed E-state index contributed by atoms with van der Waals surface area (Å²) in [4.78, 5) is 12.2. The summed E-state index contributed by atoms with van der Waals surface area (Å²) in [6, 6.07) is 5.16. The highest BCUT2D eigenvalue weighted by atomic mass is 16.6. The number of nitrogens with one attached hydrogen (secondary N) is 2. The van der Waals surface area contributed by atoms with E-state index < -0.39 is 5.91 Å². The first-order chi connectivity index (χ1) is 10.2. The predicted molar refractivity (Wildman–Crippen MR) is 71.4 cm³/mol. The van der Waals surface area contributed by atoms with Crippen molar-refractivity contribution in [2.24, 2.45) is 0 Å². The first kappa shape index (κ1) is 12.9. The first-order valence-corrected chi connectivity index (χ1v) is 5.92. The van der Waals surface area contributed by atoms with Gasteiger partial charge in [0.15, 0.2) is 0 Å². The molecule has 0 aliphatic heterocycles. The van der Waals surface area contributed by atoms with Crippen LogP contribution in [0, 0.1) is 0 Å². The number of fused-ring (bicyclic) bond motifs is 1. The van der Waals surface area contributed by atoms with Gasteiger partial charge in [-0.05, 0) is 23.4 Å². The Morgan fingerprint density at radius 2 is 2.14 bits per heavy atom. The smallest absolute Gasteiger partial charge is 0.294 e. The van der Waals surface area contributed by atoms with Crippen molar-refractivity contribution in [1.82, 2.24) is 20.6 Å². The van der Waals surface area contributed by atoms with E-state index in [1.54, 1.807) is 25.3 Å². The number of furan rings is 1. The number of aromatic amines is 1. The van der Waals surface area contributed by atoms with Gasteiger partial charge >= 0.3 is 0 Å². The Hall–Kier alpha value is -3.10. The van der Waals surface area contributed by atoms with Gasteiger partial charge in [0, 0.05) is 5.39 Å². The topological polar surface area (TPSA) is 115 Å². The molecule has 0 unspecified atom stereocenters. The van der Waals surface area contributed by atoms with Crippen LogP contribution < -0.4 is 14.8 Å². The molecule has 1 aromatic carbocycles. The number of methoxy groups -OCH3 is 2. The lowest BCUT2D eigenvalue weighted by atomic mass is 10.1. The molecule has 0 aliphatic rings.